The van der Waals surface area contributed by atoms with Crippen molar-refractivity contribution in [1.82, 2.24) is 19.9 Å². The summed E-state index contributed by atoms with van der Waals surface area (Å²) in [6.07, 6.45) is 0.601. The number of hydrogen-bond donors (Lipinski definition) is 2. The van der Waals surface area contributed by atoms with Gasteiger partial charge in [0.05, 0.1) is 29.6 Å². The molecule has 0 unspecified atom stereocenters. The number of carbonyl (C=O) groups excluding carboxylic acids is 1. The molecule has 44 heavy (non-hydrogen) atoms. The highest BCUT2D eigenvalue weighted by molar-refractivity contribution is 7.16. The van der Waals surface area contributed by atoms with E-state index in [2.05, 4.69) is 29.9 Å². The Labute approximate surface area is 252 Å². The number of piperidine rings is 1. The van der Waals surface area contributed by atoms with Crippen LogP contribution in [0.1, 0.15) is 53.5 Å². The van der Waals surface area contributed by atoms with Crippen molar-refractivity contribution in [1.29, 1.82) is 0 Å². The van der Waals surface area contributed by atoms with E-state index in [9.17, 15) is 36.6 Å². The predicted molar refractivity (Wildman–Crippen MR) is 151 cm³/mol. The highest BCUT2D eigenvalue weighted by atomic mass is 32.1. The van der Waals surface area contributed by atoms with Gasteiger partial charge in [-0.2, -0.15) is 22.0 Å². The van der Waals surface area contributed by atoms with Gasteiger partial charge in [0.15, 0.2) is 5.13 Å². The summed E-state index contributed by atoms with van der Waals surface area (Å²) in [6, 6.07) is 3.03. The van der Waals surface area contributed by atoms with Gasteiger partial charge in [-0.1, -0.05) is 11.3 Å². The highest BCUT2D eigenvalue weighted by Crippen LogP contribution is 2.41. The van der Waals surface area contributed by atoms with Gasteiger partial charge in [-0.25, -0.2) is 15.0 Å². The van der Waals surface area contributed by atoms with Crippen molar-refractivity contribution in [3.8, 4) is 17.0 Å². The average Bonchev–Trinajstić information content (AvgIpc) is 3.57. The molecule has 1 atom stereocenters. The zero-order chi connectivity index (χ0) is 31.6. The summed E-state index contributed by atoms with van der Waals surface area (Å²) in [5, 5.41) is 12.0. The Morgan fingerprint density at radius 2 is 1.89 bits per heavy atom. The smallest absolute Gasteiger partial charge is 0.419 e. The number of hydrogen-bond acceptors (Lipinski definition) is 9. The summed E-state index contributed by atoms with van der Waals surface area (Å²) in [5.41, 5.74) is -1.16. The first-order valence-corrected chi connectivity index (χ1v) is 14.7. The molecule has 0 spiro atoms. The Bertz CT molecular complexity index is 1490. The number of aliphatic carboxylic acids is 1. The van der Waals surface area contributed by atoms with Crippen molar-refractivity contribution >= 4 is 34.2 Å². The molecule has 2 aliphatic heterocycles. The van der Waals surface area contributed by atoms with Gasteiger partial charge < -0.3 is 14.7 Å². The van der Waals surface area contributed by atoms with Crippen molar-refractivity contribution in [3.63, 3.8) is 0 Å². The molecule has 0 radical (unpaired) electrons. The van der Waals surface area contributed by atoms with Gasteiger partial charge in [-0.3, -0.25) is 19.8 Å². The number of amides is 1. The summed E-state index contributed by atoms with van der Waals surface area (Å²) in [4.78, 5) is 41.8. The third-order valence-corrected chi connectivity index (χ3v) is 8.72. The number of anilines is 2. The number of carboxylic acid groups (broad SMARTS) is 1. The Kier molecular flexibility index (Phi) is 9.29. The van der Waals surface area contributed by atoms with Crippen molar-refractivity contribution in [3.05, 3.63) is 46.7 Å². The first kappa shape index (κ1) is 31.5. The summed E-state index contributed by atoms with van der Waals surface area (Å²) < 4.78 is 71.0. The second kappa shape index (κ2) is 13.0. The number of benzene rings is 1. The molecule has 2 saturated heterocycles. The highest BCUT2D eigenvalue weighted by Gasteiger charge is 2.36. The largest absolute Gasteiger partial charge is 0.481 e. The fourth-order valence-corrected chi connectivity index (χ4v) is 6.37. The second-order valence-corrected chi connectivity index (χ2v) is 11.7. The fraction of sp³-hybridized carbons (Fsp3) is 0.464. The van der Waals surface area contributed by atoms with Crippen molar-refractivity contribution < 1.29 is 41.4 Å². The number of aromatic nitrogens is 3. The third kappa shape index (κ3) is 7.23. The molecular formula is C28H29F5N6O4S. The van der Waals surface area contributed by atoms with Gasteiger partial charge in [0.25, 0.3) is 5.91 Å². The maximum Gasteiger partial charge on any atom is 0.419 e. The topological polar surface area (TPSA) is 121 Å². The maximum absolute atomic E-state index is 13.8. The molecule has 236 valence electrons. The Morgan fingerprint density at radius 1 is 1.14 bits per heavy atom. The number of thiazole rings is 1. The molecule has 1 amide bonds. The molecule has 2 aromatic heterocycles. The summed E-state index contributed by atoms with van der Waals surface area (Å²) in [7, 11) is 0. The maximum atomic E-state index is 13.8. The minimum atomic E-state index is -4.96. The lowest BCUT2D eigenvalue weighted by atomic mass is 9.97. The molecule has 3 aromatic rings. The van der Waals surface area contributed by atoms with Crippen LogP contribution in [0.4, 0.5) is 32.9 Å². The number of halogens is 5. The molecular weight excluding hydrogens is 611 g/mol. The molecule has 1 aromatic carbocycles. The lowest BCUT2D eigenvalue weighted by molar-refractivity contribution is -0.143. The van der Waals surface area contributed by atoms with Crippen LogP contribution in [0.2, 0.25) is 0 Å². The van der Waals surface area contributed by atoms with Gasteiger partial charge in [0.2, 0.25) is 0 Å². The predicted octanol–water partition coefficient (Wildman–Crippen LogP) is 5.76. The second-order valence-electron chi connectivity index (χ2n) is 10.7. The first-order chi connectivity index (χ1) is 20.9. The minimum Gasteiger partial charge on any atom is -0.481 e. The van der Waals surface area contributed by atoms with Crippen molar-refractivity contribution in [2.24, 2.45) is 5.92 Å². The lowest BCUT2D eigenvalue weighted by Crippen LogP contribution is -2.36. The Balaban J connectivity index is 1.38. The van der Waals surface area contributed by atoms with Crippen LogP contribution in [0.5, 0.6) is 5.75 Å². The number of likely N-dealkylation sites (tertiary alicyclic amines) is 1. The average molecular weight is 641 g/mol. The molecule has 5 rings (SSSR count). The quantitative estimate of drug-likeness (QED) is 0.282. The van der Waals surface area contributed by atoms with Crippen LogP contribution in [-0.4, -0.2) is 69.1 Å². The lowest BCUT2D eigenvalue weighted by Gasteiger charge is -2.30. The number of alkyl halides is 5. The zero-order valence-electron chi connectivity index (χ0n) is 23.5. The Morgan fingerprint density at radius 3 is 2.48 bits per heavy atom. The monoisotopic (exact) mass is 640 g/mol. The standard InChI is InChI=1S/C28H29F5N6O4S/c1-15-3-2-8-39(15)14-21-23(17-4-5-20(43-26(29)30)18(11-17)28(31,32)33)36-27(44-21)37-24(40)19-12-35-22(13-34-19)38-9-6-16(7-10-38)25(41)42/h4-5,11-13,15-16,26H,2-3,6-10,14H2,1H3,(H,41,42)(H,36,37,40)/t15-/m1/s1. The third-order valence-electron chi connectivity index (χ3n) is 7.77. The number of ether oxygens (including phenoxy) is 1. The van der Waals surface area contributed by atoms with Gasteiger partial charge in [-0.05, 0) is 57.4 Å². The molecule has 0 aliphatic carbocycles. The van der Waals surface area contributed by atoms with Crippen LogP contribution in [0.3, 0.4) is 0 Å². The number of rotatable bonds is 9. The normalized spacial score (nSPS) is 18.2. The number of carbonyl (C=O) groups is 2. The Hall–Kier alpha value is -3.92. The molecule has 2 fully saturated rings. The summed E-state index contributed by atoms with van der Waals surface area (Å²) in [6.45, 7) is 0.743. The van der Waals surface area contributed by atoms with E-state index in [1.807, 2.05) is 11.8 Å². The summed E-state index contributed by atoms with van der Waals surface area (Å²) in [5.74, 6) is -2.36. The van der Waals surface area contributed by atoms with E-state index in [-0.39, 0.29) is 28.1 Å². The van der Waals surface area contributed by atoms with Gasteiger partial charge in [0, 0.05) is 36.1 Å². The van der Waals surface area contributed by atoms with Crippen LogP contribution in [0.25, 0.3) is 11.3 Å². The molecule has 16 heteroatoms. The van der Waals surface area contributed by atoms with E-state index >= 15 is 0 Å². The number of nitrogens with one attached hydrogen (secondary N) is 1. The van der Waals surface area contributed by atoms with Gasteiger partial charge >= 0.3 is 18.8 Å². The van der Waals surface area contributed by atoms with E-state index < -0.39 is 41.9 Å². The van der Waals surface area contributed by atoms with Crippen LogP contribution in [0.15, 0.2) is 30.6 Å². The fourth-order valence-electron chi connectivity index (χ4n) is 5.37. The molecule has 10 nitrogen and oxygen atoms in total. The van der Waals surface area contributed by atoms with E-state index in [0.29, 0.717) is 43.2 Å². The van der Waals surface area contributed by atoms with E-state index in [1.54, 1.807) is 0 Å². The van der Waals surface area contributed by atoms with E-state index in [0.717, 1.165) is 42.9 Å². The molecule has 0 bridgehead atoms. The van der Waals surface area contributed by atoms with Crippen LogP contribution < -0.4 is 15.0 Å². The van der Waals surface area contributed by atoms with Crippen molar-refractivity contribution in [2.45, 2.75) is 58.0 Å². The van der Waals surface area contributed by atoms with E-state index in [1.165, 1.54) is 18.5 Å². The minimum absolute atomic E-state index is 0.0199. The zero-order valence-corrected chi connectivity index (χ0v) is 24.3. The molecule has 4 heterocycles. The number of carboxylic acids is 1. The van der Waals surface area contributed by atoms with Crippen molar-refractivity contribution in [2.75, 3.05) is 29.9 Å². The first-order valence-electron chi connectivity index (χ1n) is 13.9. The molecule has 2 N–H and O–H groups in total. The van der Waals surface area contributed by atoms with Crippen LogP contribution in [-0.2, 0) is 17.5 Å². The summed E-state index contributed by atoms with van der Waals surface area (Å²) >= 11 is 1.10. The SMILES string of the molecule is C[C@@H]1CCCN1Cc1sc(NC(=O)c2cnc(N3CCC(C(=O)O)CC3)cn2)nc1-c1ccc(OC(F)F)c(C(F)(F)F)c1. The van der Waals surface area contributed by atoms with Crippen LogP contribution >= 0.6 is 11.3 Å². The molecule has 0 saturated carbocycles. The van der Waals surface area contributed by atoms with E-state index in [4.69, 9.17) is 0 Å². The van der Waals surface area contributed by atoms with Gasteiger partial charge in [0.1, 0.15) is 17.3 Å². The number of nitrogens with zero attached hydrogens (tertiary/aromatic N) is 5. The van der Waals surface area contributed by atoms with Gasteiger partial charge in [-0.15, -0.1) is 0 Å². The molecule has 2 aliphatic rings. The van der Waals surface area contributed by atoms with Crippen LogP contribution in [0, 0.1) is 5.92 Å².